The number of fused-ring (bicyclic) bond motifs is 1. The summed E-state index contributed by atoms with van der Waals surface area (Å²) >= 11 is 0. The molecule has 0 saturated carbocycles. The zero-order chi connectivity index (χ0) is 20.8. The van der Waals surface area contributed by atoms with Gasteiger partial charge in [-0.15, -0.1) is 10.2 Å². The van der Waals surface area contributed by atoms with Gasteiger partial charge in [0.1, 0.15) is 5.82 Å². The zero-order valence-electron chi connectivity index (χ0n) is 17.4. The van der Waals surface area contributed by atoms with Gasteiger partial charge in [0.15, 0.2) is 5.82 Å². The molecule has 0 atom stereocenters. The zero-order valence-corrected chi connectivity index (χ0v) is 17.4. The highest BCUT2D eigenvalue weighted by Crippen LogP contribution is 2.15. The molecule has 0 bridgehead atoms. The quantitative estimate of drug-likeness (QED) is 0.654. The average molecular weight is 405 g/mol. The summed E-state index contributed by atoms with van der Waals surface area (Å²) in [5, 5.41) is 11.7. The Kier molecular flexibility index (Phi) is 6.49. The molecule has 0 radical (unpaired) electrons. The van der Waals surface area contributed by atoms with Crippen molar-refractivity contribution in [2.45, 2.75) is 45.8 Å². The minimum Gasteiger partial charge on any atom is -0.349 e. The Bertz CT molecular complexity index is 984. The molecule has 0 saturated heterocycles. The van der Waals surface area contributed by atoms with Crippen molar-refractivity contribution < 1.29 is 4.79 Å². The van der Waals surface area contributed by atoms with Crippen LogP contribution in [-0.2, 0) is 37.3 Å². The molecule has 1 N–H and O–H groups in total. The van der Waals surface area contributed by atoms with Gasteiger partial charge in [0.25, 0.3) is 0 Å². The first-order valence-corrected chi connectivity index (χ1v) is 10.5. The fourth-order valence-electron chi connectivity index (χ4n) is 3.81. The van der Waals surface area contributed by atoms with Crippen LogP contribution in [0.15, 0.2) is 48.8 Å². The van der Waals surface area contributed by atoms with E-state index in [9.17, 15) is 4.79 Å². The second kappa shape index (κ2) is 9.63. The molecule has 4 rings (SSSR count). The summed E-state index contributed by atoms with van der Waals surface area (Å²) < 4.78 is 2.17. The Morgan fingerprint density at radius 2 is 2.00 bits per heavy atom. The van der Waals surface area contributed by atoms with Gasteiger partial charge < -0.3 is 9.88 Å². The van der Waals surface area contributed by atoms with Crippen molar-refractivity contribution in [3.8, 4) is 0 Å². The first-order chi connectivity index (χ1) is 14.7. The van der Waals surface area contributed by atoms with Crippen molar-refractivity contribution in [3.63, 3.8) is 0 Å². The molecule has 0 spiro atoms. The molecule has 1 aliphatic heterocycles. The highest BCUT2D eigenvalue weighted by molar-refractivity contribution is 5.76. The number of carbonyl (C=O) groups is 1. The molecule has 2 aromatic heterocycles. The number of rotatable bonds is 7. The van der Waals surface area contributed by atoms with Gasteiger partial charge in [0.2, 0.25) is 5.91 Å². The summed E-state index contributed by atoms with van der Waals surface area (Å²) in [6.45, 7) is 6.28. The predicted octanol–water partition coefficient (Wildman–Crippen LogP) is 2.29. The van der Waals surface area contributed by atoms with Crippen molar-refractivity contribution in [2.75, 3.05) is 13.1 Å². The number of hydrogen-bond donors (Lipinski definition) is 1. The Balaban J connectivity index is 1.29. The third-order valence-electron chi connectivity index (χ3n) is 5.66. The summed E-state index contributed by atoms with van der Waals surface area (Å²) in [7, 11) is 0. The van der Waals surface area contributed by atoms with Crippen LogP contribution < -0.4 is 5.32 Å². The number of pyridine rings is 1. The number of carbonyl (C=O) groups excluding carboxylic acids is 1. The number of nitrogens with zero attached hydrogens (tertiary/aromatic N) is 5. The lowest BCUT2D eigenvalue weighted by Crippen LogP contribution is -2.28. The van der Waals surface area contributed by atoms with Gasteiger partial charge in [-0.1, -0.05) is 30.3 Å². The minimum absolute atomic E-state index is 0.0194. The Morgan fingerprint density at radius 1 is 1.10 bits per heavy atom. The standard InChI is InChI=1S/C23H28N6O/c1-18-5-2-3-7-20(18)17-28-12-10-21-26-27-22(29(21)14-13-28)16-25-23(30)9-8-19-6-4-11-24-15-19/h2-7,11,15H,8-10,12-14,16-17H2,1H3,(H,25,30). The van der Waals surface area contributed by atoms with Crippen LogP contribution in [0.3, 0.4) is 0 Å². The topological polar surface area (TPSA) is 75.9 Å². The van der Waals surface area contributed by atoms with E-state index in [0.29, 0.717) is 19.4 Å². The van der Waals surface area contributed by atoms with Crippen LogP contribution in [0.1, 0.15) is 34.8 Å². The molecule has 0 fully saturated rings. The maximum Gasteiger partial charge on any atom is 0.220 e. The second-order valence-electron chi connectivity index (χ2n) is 7.77. The van der Waals surface area contributed by atoms with E-state index in [2.05, 4.69) is 61.2 Å². The van der Waals surface area contributed by atoms with E-state index >= 15 is 0 Å². The van der Waals surface area contributed by atoms with Crippen LogP contribution in [0.2, 0.25) is 0 Å². The number of aromatic nitrogens is 4. The SMILES string of the molecule is Cc1ccccc1CN1CCc2nnc(CNC(=O)CCc3cccnc3)n2CC1. The molecule has 1 aromatic carbocycles. The number of benzene rings is 1. The highest BCUT2D eigenvalue weighted by atomic mass is 16.1. The molecule has 3 aromatic rings. The summed E-state index contributed by atoms with van der Waals surface area (Å²) in [6.07, 6.45) is 5.54. The van der Waals surface area contributed by atoms with Crippen LogP contribution in [0.5, 0.6) is 0 Å². The molecule has 156 valence electrons. The van der Waals surface area contributed by atoms with Crippen LogP contribution in [0.4, 0.5) is 0 Å². The van der Waals surface area contributed by atoms with Gasteiger partial charge >= 0.3 is 0 Å². The number of aryl methyl sites for hydroxylation is 2. The van der Waals surface area contributed by atoms with Gasteiger partial charge in [-0.3, -0.25) is 14.7 Å². The third-order valence-corrected chi connectivity index (χ3v) is 5.66. The first-order valence-electron chi connectivity index (χ1n) is 10.5. The molecule has 1 aliphatic rings. The Hall–Kier alpha value is -3.06. The summed E-state index contributed by atoms with van der Waals surface area (Å²) in [5.41, 5.74) is 3.77. The van der Waals surface area contributed by atoms with Crippen LogP contribution >= 0.6 is 0 Å². The predicted molar refractivity (Wildman–Crippen MR) is 115 cm³/mol. The summed E-state index contributed by atoms with van der Waals surface area (Å²) in [6, 6.07) is 12.4. The Labute approximate surface area is 177 Å². The maximum absolute atomic E-state index is 12.2. The molecule has 3 heterocycles. The van der Waals surface area contributed by atoms with Gasteiger partial charge in [0, 0.05) is 51.4 Å². The third kappa shape index (κ3) is 5.10. The average Bonchev–Trinajstić information content (AvgIpc) is 3.05. The molecule has 1 amide bonds. The van der Waals surface area contributed by atoms with E-state index in [1.54, 1.807) is 12.4 Å². The number of amides is 1. The molecule has 7 nitrogen and oxygen atoms in total. The lowest BCUT2D eigenvalue weighted by molar-refractivity contribution is -0.121. The van der Waals surface area contributed by atoms with E-state index in [1.807, 2.05) is 12.1 Å². The Morgan fingerprint density at radius 3 is 2.83 bits per heavy atom. The monoisotopic (exact) mass is 404 g/mol. The van der Waals surface area contributed by atoms with Gasteiger partial charge in [0.05, 0.1) is 6.54 Å². The molecule has 0 unspecified atom stereocenters. The van der Waals surface area contributed by atoms with Crippen molar-refractivity contribution in [1.82, 2.24) is 30.0 Å². The molecular formula is C23H28N6O. The van der Waals surface area contributed by atoms with E-state index in [1.165, 1.54) is 11.1 Å². The largest absolute Gasteiger partial charge is 0.349 e. The van der Waals surface area contributed by atoms with Crippen LogP contribution in [0.25, 0.3) is 0 Å². The summed E-state index contributed by atoms with van der Waals surface area (Å²) in [4.78, 5) is 18.8. The van der Waals surface area contributed by atoms with E-state index in [0.717, 1.165) is 49.8 Å². The normalized spacial score (nSPS) is 14.2. The van der Waals surface area contributed by atoms with Crippen molar-refractivity contribution in [2.24, 2.45) is 0 Å². The number of nitrogens with one attached hydrogen (secondary N) is 1. The molecular weight excluding hydrogens is 376 g/mol. The fraction of sp³-hybridized carbons (Fsp3) is 0.391. The van der Waals surface area contributed by atoms with Crippen LogP contribution in [-0.4, -0.2) is 43.6 Å². The maximum atomic E-state index is 12.2. The van der Waals surface area contributed by atoms with Gasteiger partial charge in [-0.05, 0) is 36.1 Å². The minimum atomic E-state index is 0.0194. The molecule has 30 heavy (non-hydrogen) atoms. The first kappa shape index (κ1) is 20.2. The highest BCUT2D eigenvalue weighted by Gasteiger charge is 2.19. The van der Waals surface area contributed by atoms with Crippen LogP contribution in [0, 0.1) is 6.92 Å². The second-order valence-corrected chi connectivity index (χ2v) is 7.77. The lowest BCUT2D eigenvalue weighted by atomic mass is 10.1. The smallest absolute Gasteiger partial charge is 0.220 e. The molecule has 7 heteroatoms. The van der Waals surface area contributed by atoms with E-state index in [4.69, 9.17) is 0 Å². The fourth-order valence-corrected chi connectivity index (χ4v) is 3.81. The number of hydrogen-bond acceptors (Lipinski definition) is 5. The van der Waals surface area contributed by atoms with Crippen molar-refractivity contribution >= 4 is 5.91 Å². The van der Waals surface area contributed by atoms with E-state index < -0.39 is 0 Å². The van der Waals surface area contributed by atoms with Crippen molar-refractivity contribution in [1.29, 1.82) is 0 Å². The van der Waals surface area contributed by atoms with E-state index in [-0.39, 0.29) is 5.91 Å². The van der Waals surface area contributed by atoms with Gasteiger partial charge in [-0.2, -0.15) is 0 Å². The molecule has 0 aliphatic carbocycles. The van der Waals surface area contributed by atoms with Gasteiger partial charge in [-0.25, -0.2) is 0 Å². The summed E-state index contributed by atoms with van der Waals surface area (Å²) in [5.74, 6) is 1.85. The lowest BCUT2D eigenvalue weighted by Gasteiger charge is -2.20. The van der Waals surface area contributed by atoms with Crippen molar-refractivity contribution in [3.05, 3.63) is 77.1 Å².